The Labute approximate surface area is 122 Å². The average molecular weight is 315 g/mol. The summed E-state index contributed by atoms with van der Waals surface area (Å²) in [5, 5.41) is 16.0. The Kier molecular flexibility index (Phi) is 3.65. The third-order valence-electron chi connectivity index (χ3n) is 3.75. The molecule has 2 aliphatic rings. The average Bonchev–Trinajstić information content (AvgIpc) is 2.84. The van der Waals surface area contributed by atoms with E-state index in [2.05, 4.69) is 15.6 Å². The van der Waals surface area contributed by atoms with Crippen molar-refractivity contribution in [2.24, 2.45) is 5.14 Å². The molecule has 1 aromatic rings. The van der Waals surface area contributed by atoms with Gasteiger partial charge in [-0.2, -0.15) is 12.7 Å². The van der Waals surface area contributed by atoms with Gasteiger partial charge in [0, 0.05) is 39.3 Å². The highest BCUT2D eigenvalue weighted by Crippen LogP contribution is 2.12. The Morgan fingerprint density at radius 1 is 1.29 bits per heavy atom. The molecule has 1 amide bonds. The molecule has 0 aliphatic carbocycles. The van der Waals surface area contributed by atoms with Gasteiger partial charge in [0.1, 0.15) is 0 Å². The lowest BCUT2D eigenvalue weighted by Crippen LogP contribution is -2.52. The Bertz CT molecular complexity index is 631. The van der Waals surface area contributed by atoms with Crippen LogP contribution in [0.1, 0.15) is 16.5 Å². The Balaban J connectivity index is 1.62. The fourth-order valence-electron chi connectivity index (χ4n) is 2.32. The molecule has 3 heterocycles. The predicted octanol–water partition coefficient (Wildman–Crippen LogP) is -2.62. The molecule has 0 bridgehead atoms. The van der Waals surface area contributed by atoms with Gasteiger partial charge in [0.25, 0.3) is 16.1 Å². The summed E-state index contributed by atoms with van der Waals surface area (Å²) in [6.07, 6.45) is 1.64. The van der Waals surface area contributed by atoms with E-state index in [1.807, 2.05) is 0 Å². The summed E-state index contributed by atoms with van der Waals surface area (Å²) >= 11 is 0. The standard InChI is InChI=1S/C10H17N7O3S/c11-21(19,20)16-3-1-15(2-4-16)10(18)9-7-17(14-13-9)8-5-12-6-8/h7-8,12H,1-6H2,(H2,11,19,20). The summed E-state index contributed by atoms with van der Waals surface area (Å²) in [6.45, 7) is 2.64. The number of carbonyl (C=O) groups is 1. The van der Waals surface area contributed by atoms with Crippen LogP contribution in [0, 0.1) is 0 Å². The number of carbonyl (C=O) groups excluding carboxylic acids is 1. The zero-order valence-corrected chi connectivity index (χ0v) is 12.2. The molecular formula is C10H17N7O3S. The molecule has 21 heavy (non-hydrogen) atoms. The third-order valence-corrected chi connectivity index (χ3v) is 4.83. The lowest BCUT2D eigenvalue weighted by Gasteiger charge is -2.32. The van der Waals surface area contributed by atoms with Crippen molar-refractivity contribution < 1.29 is 13.2 Å². The van der Waals surface area contributed by atoms with Crippen LogP contribution in [-0.4, -0.2) is 77.8 Å². The van der Waals surface area contributed by atoms with Gasteiger partial charge in [-0.15, -0.1) is 5.10 Å². The van der Waals surface area contributed by atoms with E-state index >= 15 is 0 Å². The molecule has 3 N–H and O–H groups in total. The topological polar surface area (TPSA) is 126 Å². The summed E-state index contributed by atoms with van der Waals surface area (Å²) < 4.78 is 25.3. The second kappa shape index (κ2) is 5.33. The van der Waals surface area contributed by atoms with E-state index in [1.165, 1.54) is 0 Å². The van der Waals surface area contributed by atoms with Gasteiger partial charge in [0.05, 0.1) is 12.2 Å². The second-order valence-corrected chi connectivity index (χ2v) is 6.68. The molecule has 116 valence electrons. The number of amides is 1. The molecule has 0 aromatic carbocycles. The van der Waals surface area contributed by atoms with Crippen molar-refractivity contribution in [2.45, 2.75) is 6.04 Å². The van der Waals surface area contributed by atoms with Crippen molar-refractivity contribution in [1.82, 2.24) is 29.5 Å². The SMILES string of the molecule is NS(=O)(=O)N1CCN(C(=O)c2cn(C3CNC3)nn2)CC1. The third kappa shape index (κ3) is 2.90. The number of nitrogens with one attached hydrogen (secondary N) is 1. The minimum Gasteiger partial charge on any atom is -0.335 e. The Morgan fingerprint density at radius 2 is 1.95 bits per heavy atom. The van der Waals surface area contributed by atoms with Crippen LogP contribution in [0.25, 0.3) is 0 Å². The summed E-state index contributed by atoms with van der Waals surface area (Å²) in [7, 11) is -3.69. The van der Waals surface area contributed by atoms with E-state index < -0.39 is 10.2 Å². The fraction of sp³-hybridized carbons (Fsp3) is 0.700. The van der Waals surface area contributed by atoms with E-state index in [1.54, 1.807) is 15.8 Å². The molecule has 10 nitrogen and oxygen atoms in total. The number of aromatic nitrogens is 3. The first-order valence-electron chi connectivity index (χ1n) is 6.65. The maximum atomic E-state index is 12.3. The van der Waals surface area contributed by atoms with Gasteiger partial charge in [-0.05, 0) is 0 Å². The number of nitrogens with two attached hydrogens (primary N) is 1. The van der Waals surface area contributed by atoms with Crippen molar-refractivity contribution in [3.8, 4) is 0 Å². The van der Waals surface area contributed by atoms with Crippen LogP contribution in [0.2, 0.25) is 0 Å². The first-order valence-corrected chi connectivity index (χ1v) is 8.15. The number of hydrogen-bond donors (Lipinski definition) is 2. The van der Waals surface area contributed by atoms with E-state index in [0.29, 0.717) is 13.1 Å². The van der Waals surface area contributed by atoms with E-state index in [0.717, 1.165) is 17.4 Å². The van der Waals surface area contributed by atoms with Crippen LogP contribution in [0.3, 0.4) is 0 Å². The predicted molar refractivity (Wildman–Crippen MR) is 72.5 cm³/mol. The molecule has 2 saturated heterocycles. The van der Waals surface area contributed by atoms with Crippen LogP contribution in [-0.2, 0) is 10.2 Å². The van der Waals surface area contributed by atoms with Crippen molar-refractivity contribution in [3.05, 3.63) is 11.9 Å². The molecule has 11 heteroatoms. The molecule has 2 fully saturated rings. The second-order valence-electron chi connectivity index (χ2n) is 5.13. The summed E-state index contributed by atoms with van der Waals surface area (Å²) in [5.74, 6) is -0.234. The first kappa shape index (κ1) is 14.4. The molecule has 3 rings (SSSR count). The number of nitrogens with zero attached hydrogens (tertiary/aromatic N) is 5. The van der Waals surface area contributed by atoms with Crippen molar-refractivity contribution in [3.63, 3.8) is 0 Å². The zero-order chi connectivity index (χ0) is 15.0. The minimum absolute atomic E-state index is 0.200. The van der Waals surface area contributed by atoms with E-state index in [9.17, 15) is 13.2 Å². The lowest BCUT2D eigenvalue weighted by atomic mass is 10.2. The van der Waals surface area contributed by atoms with Crippen LogP contribution in [0.5, 0.6) is 0 Å². The maximum absolute atomic E-state index is 12.3. The van der Waals surface area contributed by atoms with Crippen molar-refractivity contribution in [2.75, 3.05) is 39.3 Å². The van der Waals surface area contributed by atoms with Gasteiger partial charge in [-0.1, -0.05) is 5.21 Å². The van der Waals surface area contributed by atoms with Gasteiger partial charge in [0.15, 0.2) is 5.69 Å². The molecular weight excluding hydrogens is 298 g/mol. The van der Waals surface area contributed by atoms with Gasteiger partial charge in [-0.25, -0.2) is 9.82 Å². The molecule has 0 atom stereocenters. The normalized spacial score (nSPS) is 21.3. The van der Waals surface area contributed by atoms with Gasteiger partial charge in [-0.3, -0.25) is 4.79 Å². The summed E-state index contributed by atoms with van der Waals surface area (Å²) in [5.41, 5.74) is 0.283. The molecule has 1 aromatic heterocycles. The monoisotopic (exact) mass is 315 g/mol. The highest BCUT2D eigenvalue weighted by Gasteiger charge is 2.29. The summed E-state index contributed by atoms with van der Waals surface area (Å²) in [6, 6.07) is 0.248. The lowest BCUT2D eigenvalue weighted by molar-refractivity contribution is 0.0691. The highest BCUT2D eigenvalue weighted by molar-refractivity contribution is 7.86. The van der Waals surface area contributed by atoms with Gasteiger partial charge in [0.2, 0.25) is 0 Å². The van der Waals surface area contributed by atoms with E-state index in [-0.39, 0.29) is 30.7 Å². The smallest absolute Gasteiger partial charge is 0.277 e. The minimum atomic E-state index is -3.69. The summed E-state index contributed by atoms with van der Waals surface area (Å²) in [4.78, 5) is 13.9. The van der Waals surface area contributed by atoms with Crippen molar-refractivity contribution in [1.29, 1.82) is 0 Å². The molecule has 0 radical (unpaired) electrons. The first-order chi connectivity index (χ1) is 9.95. The molecule has 0 unspecified atom stereocenters. The molecule has 2 aliphatic heterocycles. The fourth-order valence-corrected chi connectivity index (χ4v) is 2.99. The number of hydrogen-bond acceptors (Lipinski definition) is 6. The Hall–Kier alpha value is -1.56. The quantitative estimate of drug-likeness (QED) is 0.629. The number of rotatable bonds is 3. The van der Waals surface area contributed by atoms with Gasteiger partial charge < -0.3 is 10.2 Å². The molecule has 0 saturated carbocycles. The van der Waals surface area contributed by atoms with E-state index in [4.69, 9.17) is 5.14 Å². The zero-order valence-electron chi connectivity index (χ0n) is 11.3. The highest BCUT2D eigenvalue weighted by atomic mass is 32.2. The Morgan fingerprint density at radius 3 is 2.48 bits per heavy atom. The van der Waals surface area contributed by atoms with Crippen LogP contribution in [0.15, 0.2) is 6.20 Å². The number of piperazine rings is 1. The largest absolute Gasteiger partial charge is 0.335 e. The van der Waals surface area contributed by atoms with Gasteiger partial charge >= 0.3 is 0 Å². The van der Waals surface area contributed by atoms with Crippen LogP contribution in [0.4, 0.5) is 0 Å². The van der Waals surface area contributed by atoms with Crippen molar-refractivity contribution >= 4 is 16.1 Å². The maximum Gasteiger partial charge on any atom is 0.277 e. The van der Waals surface area contributed by atoms with Crippen LogP contribution >= 0.6 is 0 Å². The van der Waals surface area contributed by atoms with Crippen LogP contribution < -0.4 is 10.5 Å². The molecule has 0 spiro atoms.